The lowest BCUT2D eigenvalue weighted by atomic mass is 9.87. The molecule has 8 heteroatoms. The molecule has 2 N–H and O–H groups in total. The SMILES string of the molecule is CC(C)c1nc2oc3c(N(C[C@H](C)O)C[C@H](C)O)ncnc3c2c2c1COC(C)(C)C2. The Balaban J connectivity index is 1.99. The molecular formula is C23H32N4O4. The molecule has 0 saturated heterocycles. The second kappa shape index (κ2) is 8.00. The van der Waals surface area contributed by atoms with E-state index in [0.29, 0.717) is 42.3 Å². The maximum Gasteiger partial charge on any atom is 0.229 e. The lowest BCUT2D eigenvalue weighted by Crippen LogP contribution is -2.37. The molecule has 0 spiro atoms. The zero-order valence-electron chi connectivity index (χ0n) is 19.1. The van der Waals surface area contributed by atoms with E-state index in [1.807, 2.05) is 4.90 Å². The molecule has 0 amide bonds. The van der Waals surface area contributed by atoms with Gasteiger partial charge in [-0.1, -0.05) is 13.8 Å². The molecule has 0 fully saturated rings. The predicted molar refractivity (Wildman–Crippen MR) is 119 cm³/mol. The highest BCUT2D eigenvalue weighted by molar-refractivity contribution is 6.06. The maximum atomic E-state index is 10.00. The van der Waals surface area contributed by atoms with Crippen molar-refractivity contribution in [1.29, 1.82) is 0 Å². The number of aliphatic hydroxyl groups is 2. The molecule has 0 bridgehead atoms. The lowest BCUT2D eigenvalue weighted by molar-refractivity contribution is -0.0402. The largest absolute Gasteiger partial charge is 0.432 e. The third-order valence-electron chi connectivity index (χ3n) is 5.66. The van der Waals surface area contributed by atoms with Crippen LogP contribution in [0.1, 0.15) is 64.3 Å². The monoisotopic (exact) mass is 428 g/mol. The van der Waals surface area contributed by atoms with Crippen molar-refractivity contribution in [3.05, 3.63) is 23.1 Å². The minimum atomic E-state index is -0.593. The normalized spacial score (nSPS) is 17.8. The Morgan fingerprint density at radius 3 is 2.35 bits per heavy atom. The molecule has 4 heterocycles. The van der Waals surface area contributed by atoms with Crippen molar-refractivity contribution < 1.29 is 19.4 Å². The summed E-state index contributed by atoms with van der Waals surface area (Å²) in [4.78, 5) is 15.7. The smallest absolute Gasteiger partial charge is 0.229 e. The van der Waals surface area contributed by atoms with Gasteiger partial charge in [0.05, 0.1) is 35.5 Å². The second-order valence-corrected chi connectivity index (χ2v) is 9.59. The number of rotatable bonds is 6. The Hall–Kier alpha value is -2.29. The van der Waals surface area contributed by atoms with Gasteiger partial charge in [0.15, 0.2) is 11.4 Å². The van der Waals surface area contributed by atoms with Crippen molar-refractivity contribution in [3.8, 4) is 0 Å². The van der Waals surface area contributed by atoms with Gasteiger partial charge in [-0.25, -0.2) is 15.0 Å². The fraction of sp³-hybridized carbons (Fsp3) is 0.609. The van der Waals surface area contributed by atoms with E-state index in [1.165, 1.54) is 11.9 Å². The van der Waals surface area contributed by atoms with Crippen LogP contribution in [-0.2, 0) is 17.8 Å². The Morgan fingerprint density at radius 1 is 1.06 bits per heavy atom. The van der Waals surface area contributed by atoms with Gasteiger partial charge < -0.3 is 24.3 Å². The topological polar surface area (TPSA) is 105 Å². The van der Waals surface area contributed by atoms with Crippen LogP contribution in [-0.4, -0.2) is 56.1 Å². The van der Waals surface area contributed by atoms with Crippen molar-refractivity contribution in [2.45, 2.75) is 78.3 Å². The van der Waals surface area contributed by atoms with Crippen LogP contribution in [0.2, 0.25) is 0 Å². The van der Waals surface area contributed by atoms with Crippen LogP contribution in [0.4, 0.5) is 5.82 Å². The van der Waals surface area contributed by atoms with Crippen LogP contribution in [0, 0.1) is 0 Å². The molecule has 2 atom stereocenters. The van der Waals surface area contributed by atoms with Gasteiger partial charge in [-0.2, -0.15) is 0 Å². The number of fused-ring (bicyclic) bond motifs is 5. The Morgan fingerprint density at radius 2 is 1.74 bits per heavy atom. The van der Waals surface area contributed by atoms with Crippen LogP contribution in [0.15, 0.2) is 10.7 Å². The van der Waals surface area contributed by atoms with Gasteiger partial charge in [-0.05, 0) is 39.2 Å². The van der Waals surface area contributed by atoms with E-state index in [9.17, 15) is 10.2 Å². The molecule has 0 radical (unpaired) electrons. The van der Waals surface area contributed by atoms with Crippen molar-refractivity contribution in [2.75, 3.05) is 18.0 Å². The van der Waals surface area contributed by atoms with Crippen molar-refractivity contribution in [1.82, 2.24) is 15.0 Å². The molecule has 0 saturated carbocycles. The summed E-state index contributed by atoms with van der Waals surface area (Å²) in [5, 5.41) is 20.9. The van der Waals surface area contributed by atoms with Gasteiger partial charge >= 0.3 is 0 Å². The average molecular weight is 429 g/mol. The zero-order valence-corrected chi connectivity index (χ0v) is 19.1. The summed E-state index contributed by atoms with van der Waals surface area (Å²) < 4.78 is 12.4. The number of pyridine rings is 1. The summed E-state index contributed by atoms with van der Waals surface area (Å²) in [5.74, 6) is 0.777. The lowest BCUT2D eigenvalue weighted by Gasteiger charge is -2.33. The minimum absolute atomic E-state index is 0.226. The van der Waals surface area contributed by atoms with Crippen molar-refractivity contribution in [2.24, 2.45) is 0 Å². The van der Waals surface area contributed by atoms with E-state index in [4.69, 9.17) is 14.1 Å². The standard InChI is InChI=1S/C23H32N4O4/c1-12(2)18-16-10-30-23(5,6)7-15(16)17-19-20(31-22(17)26-18)21(25-11-24-19)27(8-13(3)28)9-14(4)29/h11-14,28-29H,7-10H2,1-6H3/t13-,14-/m0/s1. The fourth-order valence-electron chi connectivity index (χ4n) is 4.41. The third-order valence-corrected chi connectivity index (χ3v) is 5.66. The van der Waals surface area contributed by atoms with Crippen molar-refractivity contribution >= 4 is 28.0 Å². The van der Waals surface area contributed by atoms with Gasteiger partial charge in [-0.3, -0.25) is 0 Å². The summed E-state index contributed by atoms with van der Waals surface area (Å²) in [7, 11) is 0. The van der Waals surface area contributed by atoms with E-state index in [2.05, 4.69) is 37.7 Å². The molecular weight excluding hydrogens is 396 g/mol. The number of anilines is 1. The quantitative estimate of drug-likeness (QED) is 0.616. The first kappa shape index (κ1) is 21.9. The zero-order chi connectivity index (χ0) is 22.5. The van der Waals surface area contributed by atoms with Gasteiger partial charge in [0.25, 0.3) is 0 Å². The highest BCUT2D eigenvalue weighted by Gasteiger charge is 2.33. The number of hydrogen-bond acceptors (Lipinski definition) is 8. The molecule has 0 aliphatic carbocycles. The average Bonchev–Trinajstić information content (AvgIpc) is 3.04. The molecule has 4 rings (SSSR count). The number of ether oxygens (including phenoxy) is 1. The predicted octanol–water partition coefficient (Wildman–Crippen LogP) is 3.31. The van der Waals surface area contributed by atoms with Crippen molar-refractivity contribution in [3.63, 3.8) is 0 Å². The summed E-state index contributed by atoms with van der Waals surface area (Å²) in [6.07, 6.45) is 1.06. The Bertz CT molecular complexity index is 1090. The fourth-order valence-corrected chi connectivity index (χ4v) is 4.41. The number of nitrogens with zero attached hydrogens (tertiary/aromatic N) is 4. The number of furan rings is 1. The summed E-state index contributed by atoms with van der Waals surface area (Å²) in [5.41, 5.74) is 4.76. The first-order chi connectivity index (χ1) is 14.6. The van der Waals surface area contributed by atoms with Crippen LogP contribution < -0.4 is 4.90 Å². The molecule has 8 nitrogen and oxygen atoms in total. The highest BCUT2D eigenvalue weighted by atomic mass is 16.5. The molecule has 1 aliphatic rings. The number of aliphatic hydroxyl groups excluding tert-OH is 2. The number of hydrogen-bond donors (Lipinski definition) is 2. The third kappa shape index (κ3) is 4.12. The maximum absolute atomic E-state index is 10.00. The number of aromatic nitrogens is 3. The molecule has 3 aromatic heterocycles. The van der Waals surface area contributed by atoms with E-state index < -0.39 is 12.2 Å². The second-order valence-electron chi connectivity index (χ2n) is 9.59. The van der Waals surface area contributed by atoms with Crippen LogP contribution in [0.25, 0.3) is 22.2 Å². The van der Waals surface area contributed by atoms with Crippen LogP contribution in [0.5, 0.6) is 0 Å². The van der Waals surface area contributed by atoms with E-state index in [-0.39, 0.29) is 11.5 Å². The van der Waals surface area contributed by atoms with Gasteiger partial charge in [-0.15, -0.1) is 0 Å². The molecule has 0 unspecified atom stereocenters. The van der Waals surface area contributed by atoms with Gasteiger partial charge in [0.2, 0.25) is 5.71 Å². The highest BCUT2D eigenvalue weighted by Crippen LogP contribution is 2.41. The van der Waals surface area contributed by atoms with Gasteiger partial charge in [0, 0.05) is 25.1 Å². The molecule has 3 aromatic rings. The Kier molecular flexibility index (Phi) is 5.66. The first-order valence-corrected chi connectivity index (χ1v) is 10.9. The van der Waals surface area contributed by atoms with E-state index in [1.54, 1.807) is 13.8 Å². The molecule has 0 aromatic carbocycles. The summed E-state index contributed by atoms with van der Waals surface area (Å²) in [6, 6.07) is 0. The molecule has 1 aliphatic heterocycles. The minimum Gasteiger partial charge on any atom is -0.432 e. The van der Waals surface area contributed by atoms with Crippen LogP contribution in [0.3, 0.4) is 0 Å². The van der Waals surface area contributed by atoms with Crippen LogP contribution >= 0.6 is 0 Å². The molecule has 31 heavy (non-hydrogen) atoms. The Labute approximate surface area is 182 Å². The summed E-state index contributed by atoms with van der Waals surface area (Å²) >= 11 is 0. The van der Waals surface area contributed by atoms with E-state index >= 15 is 0 Å². The molecule has 168 valence electrons. The van der Waals surface area contributed by atoms with Gasteiger partial charge in [0.1, 0.15) is 11.8 Å². The summed E-state index contributed by atoms with van der Waals surface area (Å²) in [6.45, 7) is 13.0. The van der Waals surface area contributed by atoms with E-state index in [0.717, 1.165) is 23.1 Å². The first-order valence-electron chi connectivity index (χ1n) is 10.9.